The topological polar surface area (TPSA) is 95.7 Å². The second kappa shape index (κ2) is 7.92. The number of rotatable bonds is 4. The van der Waals surface area contributed by atoms with E-state index in [-0.39, 0.29) is 18.8 Å². The molecule has 0 spiro atoms. The molecule has 174 valence electrons. The monoisotopic (exact) mass is 462 g/mol. The number of aryl methyl sites for hydroxylation is 2. The molecular weight excluding hydrogens is 436 g/mol. The summed E-state index contributed by atoms with van der Waals surface area (Å²) >= 11 is 0. The number of nitrogens with zero attached hydrogens (tertiary/aromatic N) is 5. The van der Waals surface area contributed by atoms with E-state index >= 15 is 0 Å². The van der Waals surface area contributed by atoms with Gasteiger partial charge in [0.25, 0.3) is 0 Å². The number of pyridine rings is 1. The van der Waals surface area contributed by atoms with Crippen LogP contribution in [0.15, 0.2) is 35.4 Å². The summed E-state index contributed by atoms with van der Waals surface area (Å²) < 4.78 is 35.4. The first-order valence-electron chi connectivity index (χ1n) is 11.5. The van der Waals surface area contributed by atoms with Crippen molar-refractivity contribution in [1.29, 1.82) is 0 Å². The van der Waals surface area contributed by atoms with Crippen molar-refractivity contribution in [2.75, 3.05) is 5.73 Å². The number of anilines is 1. The molecule has 7 nitrogen and oxygen atoms in total. The summed E-state index contributed by atoms with van der Waals surface area (Å²) in [6.45, 7) is 3.77. The van der Waals surface area contributed by atoms with E-state index in [1.165, 1.54) is 6.20 Å². The van der Waals surface area contributed by atoms with E-state index in [1.807, 2.05) is 26.2 Å². The molecule has 0 aromatic carbocycles. The number of halogens is 2. The number of alkyl halides is 2. The third-order valence-corrected chi connectivity index (χ3v) is 7.25. The van der Waals surface area contributed by atoms with Gasteiger partial charge in [0.15, 0.2) is 0 Å². The first-order valence-corrected chi connectivity index (χ1v) is 11.5. The highest BCUT2D eigenvalue weighted by Gasteiger charge is 2.41. The molecule has 1 aliphatic rings. The molecule has 1 aliphatic carbocycles. The van der Waals surface area contributed by atoms with Crippen molar-refractivity contribution in [3.8, 4) is 22.4 Å². The number of nitrogen functional groups attached to an aromatic ring is 1. The van der Waals surface area contributed by atoms with Crippen LogP contribution in [0.3, 0.4) is 0 Å². The van der Waals surface area contributed by atoms with Crippen molar-refractivity contribution in [2.45, 2.75) is 50.8 Å². The van der Waals surface area contributed by atoms with Gasteiger partial charge in [-0.15, -0.1) is 0 Å². The second-order valence-electron chi connectivity index (χ2n) is 9.81. The Hall–Kier alpha value is -3.23. The van der Waals surface area contributed by atoms with E-state index in [0.717, 1.165) is 39.2 Å². The first kappa shape index (κ1) is 22.6. The molecule has 0 bridgehead atoms. The molecule has 5 rings (SSSR count). The predicted octanol–water partition coefficient (Wildman–Crippen LogP) is 3.05. The van der Waals surface area contributed by atoms with Crippen LogP contribution in [0, 0.1) is 19.8 Å². The molecule has 34 heavy (non-hydrogen) atoms. The Kier molecular flexibility index (Phi) is 5.26. The summed E-state index contributed by atoms with van der Waals surface area (Å²) in [5, 5.41) is 3.66. The maximum Gasteiger partial charge on any atom is 0.248 e. The van der Waals surface area contributed by atoms with Crippen molar-refractivity contribution < 1.29 is 13.3 Å². The van der Waals surface area contributed by atoms with Gasteiger partial charge in [-0.25, -0.2) is 13.8 Å². The van der Waals surface area contributed by atoms with E-state index in [4.69, 9.17) is 15.2 Å². The summed E-state index contributed by atoms with van der Waals surface area (Å²) in [5.41, 5.74) is 11.5. The lowest BCUT2D eigenvalue weighted by molar-refractivity contribution is -0.0498. The Morgan fingerprint density at radius 2 is 1.85 bits per heavy atom. The average molecular weight is 462 g/mol. The molecule has 0 radical (unpaired) electrons. The van der Waals surface area contributed by atoms with Crippen molar-refractivity contribution in [2.24, 2.45) is 5.92 Å². The Bertz CT molecular complexity index is 1340. The fourth-order valence-corrected chi connectivity index (χ4v) is 5.22. The molecule has 4 aromatic heterocycles. The van der Waals surface area contributed by atoms with Crippen LogP contribution in [-0.2, 0) is 5.34 Å². The van der Waals surface area contributed by atoms with Crippen molar-refractivity contribution in [3.05, 3.63) is 42.3 Å². The molecular formula is C23H26B2F2N6O. The standard InChI is InChI=1S/C23H26B2F2N6O/c1-12-20(13(2)34-32-12)14-7-18-21(31-8-14)16(17-9-30-19(28)10-29-17)11-33(18)23(24,25)15-3-5-22(26,27)6-4-15/h7-11,15H,3-6,24-25H2,1-2H3,(H2,28,30). The zero-order chi connectivity index (χ0) is 24.3. The Labute approximate surface area is 198 Å². The minimum atomic E-state index is -2.58. The molecule has 0 atom stereocenters. The molecule has 0 saturated heterocycles. The van der Waals surface area contributed by atoms with Gasteiger partial charge in [-0.3, -0.25) is 9.97 Å². The largest absolute Gasteiger partial charge is 0.382 e. The van der Waals surface area contributed by atoms with Gasteiger partial charge in [0, 0.05) is 41.9 Å². The van der Waals surface area contributed by atoms with Crippen LogP contribution in [0.5, 0.6) is 0 Å². The van der Waals surface area contributed by atoms with Gasteiger partial charge in [0.1, 0.15) is 27.3 Å². The number of hydrogen-bond donors (Lipinski definition) is 1. The van der Waals surface area contributed by atoms with Crippen LogP contribution in [-0.4, -0.2) is 46.3 Å². The quantitative estimate of drug-likeness (QED) is 0.469. The van der Waals surface area contributed by atoms with Crippen LogP contribution < -0.4 is 5.73 Å². The molecule has 1 fully saturated rings. The van der Waals surface area contributed by atoms with Crippen LogP contribution in [0.1, 0.15) is 37.1 Å². The lowest BCUT2D eigenvalue weighted by Gasteiger charge is -2.41. The van der Waals surface area contributed by atoms with Gasteiger partial charge in [-0.2, -0.15) is 0 Å². The highest BCUT2D eigenvalue weighted by Crippen LogP contribution is 2.43. The van der Waals surface area contributed by atoms with E-state index in [2.05, 4.69) is 41.5 Å². The van der Waals surface area contributed by atoms with Gasteiger partial charge in [-0.05, 0) is 44.0 Å². The second-order valence-corrected chi connectivity index (χ2v) is 9.81. The minimum absolute atomic E-state index is 0.0842. The van der Waals surface area contributed by atoms with Gasteiger partial charge in [0.05, 0.1) is 34.8 Å². The van der Waals surface area contributed by atoms with E-state index in [9.17, 15) is 8.78 Å². The average Bonchev–Trinajstić information content (AvgIpc) is 3.33. The maximum absolute atomic E-state index is 13.9. The van der Waals surface area contributed by atoms with Crippen LogP contribution in [0.2, 0.25) is 0 Å². The Balaban J connectivity index is 1.69. The summed E-state index contributed by atoms with van der Waals surface area (Å²) in [6, 6.07) is 2.07. The summed E-state index contributed by atoms with van der Waals surface area (Å²) in [6.07, 6.45) is 7.74. The summed E-state index contributed by atoms with van der Waals surface area (Å²) in [7, 11) is 4.23. The highest BCUT2D eigenvalue weighted by atomic mass is 19.3. The fraction of sp³-hybridized carbons (Fsp3) is 0.391. The van der Waals surface area contributed by atoms with Crippen LogP contribution >= 0.6 is 0 Å². The first-order chi connectivity index (χ1) is 16.1. The van der Waals surface area contributed by atoms with E-state index in [1.54, 1.807) is 6.20 Å². The van der Waals surface area contributed by atoms with Gasteiger partial charge in [0.2, 0.25) is 5.92 Å². The van der Waals surface area contributed by atoms with Crippen molar-refractivity contribution >= 4 is 32.5 Å². The Morgan fingerprint density at radius 1 is 1.12 bits per heavy atom. The minimum Gasteiger partial charge on any atom is -0.382 e. The lowest BCUT2D eigenvalue weighted by atomic mass is 9.52. The summed E-state index contributed by atoms with van der Waals surface area (Å²) in [5.74, 6) is -1.43. The normalized spacial score (nSPS) is 16.8. The molecule has 4 aromatic rings. The zero-order valence-electron chi connectivity index (χ0n) is 19.8. The van der Waals surface area contributed by atoms with E-state index < -0.39 is 11.3 Å². The Morgan fingerprint density at radius 3 is 2.47 bits per heavy atom. The highest BCUT2D eigenvalue weighted by molar-refractivity contribution is 6.38. The molecule has 11 heteroatoms. The van der Waals surface area contributed by atoms with Gasteiger partial charge >= 0.3 is 0 Å². The molecule has 0 aliphatic heterocycles. The zero-order valence-corrected chi connectivity index (χ0v) is 19.8. The fourth-order valence-electron chi connectivity index (χ4n) is 5.22. The third-order valence-electron chi connectivity index (χ3n) is 7.25. The van der Waals surface area contributed by atoms with Gasteiger partial charge < -0.3 is 14.8 Å². The smallest absolute Gasteiger partial charge is 0.248 e. The number of nitrogens with two attached hydrogens (primary N) is 1. The maximum atomic E-state index is 13.9. The van der Waals surface area contributed by atoms with Crippen LogP contribution in [0.25, 0.3) is 33.4 Å². The molecule has 0 amide bonds. The third kappa shape index (κ3) is 3.76. The SMILES string of the molecule is BC(B)(C1CCC(F)(F)CC1)n1cc(-c2cnc(N)cn2)c2ncc(-c3c(C)noc3C)cc21. The molecule has 0 unspecified atom stereocenters. The predicted molar refractivity (Wildman–Crippen MR) is 132 cm³/mol. The number of aromatic nitrogens is 5. The number of fused-ring (bicyclic) bond motifs is 1. The van der Waals surface area contributed by atoms with E-state index in [0.29, 0.717) is 24.4 Å². The van der Waals surface area contributed by atoms with Gasteiger partial charge in [-0.1, -0.05) is 5.16 Å². The van der Waals surface area contributed by atoms with Crippen molar-refractivity contribution in [1.82, 2.24) is 24.7 Å². The molecule has 1 saturated carbocycles. The molecule has 4 heterocycles. The number of hydrogen-bond acceptors (Lipinski definition) is 6. The van der Waals surface area contributed by atoms with Crippen molar-refractivity contribution in [3.63, 3.8) is 0 Å². The molecule has 2 N–H and O–H groups in total. The summed E-state index contributed by atoms with van der Waals surface area (Å²) in [4.78, 5) is 13.5. The van der Waals surface area contributed by atoms with Crippen LogP contribution in [0.4, 0.5) is 14.6 Å². The lowest BCUT2D eigenvalue weighted by Crippen LogP contribution is -2.45.